The van der Waals surface area contributed by atoms with E-state index < -0.39 is 17.7 Å². The second-order valence-corrected chi connectivity index (χ2v) is 8.28. The number of rotatable bonds is 4. The first kappa shape index (κ1) is 22.4. The summed E-state index contributed by atoms with van der Waals surface area (Å²) in [5.74, 6) is -2.61. The van der Waals surface area contributed by atoms with Crippen LogP contribution in [0, 0.1) is 5.92 Å². The van der Waals surface area contributed by atoms with Crippen LogP contribution in [0.3, 0.4) is 0 Å². The Labute approximate surface area is 190 Å². The van der Waals surface area contributed by atoms with Crippen molar-refractivity contribution in [3.05, 3.63) is 58.8 Å². The van der Waals surface area contributed by atoms with Gasteiger partial charge >= 0.3 is 11.8 Å². The van der Waals surface area contributed by atoms with Gasteiger partial charge in [-0.05, 0) is 48.1 Å². The molecule has 2 aliphatic rings. The van der Waals surface area contributed by atoms with E-state index in [1.54, 1.807) is 6.07 Å². The highest BCUT2D eigenvalue weighted by Gasteiger charge is 2.38. The van der Waals surface area contributed by atoms with Gasteiger partial charge in [-0.15, -0.1) is 0 Å². The van der Waals surface area contributed by atoms with Gasteiger partial charge in [0.05, 0.1) is 18.7 Å². The summed E-state index contributed by atoms with van der Waals surface area (Å²) in [7, 11) is 1.21. The summed E-state index contributed by atoms with van der Waals surface area (Å²) in [6, 6.07) is 8.06. The fraction of sp³-hybridized carbons (Fsp3) is 0.348. The van der Waals surface area contributed by atoms with Crippen LogP contribution < -0.4 is 16.1 Å². The first-order chi connectivity index (χ1) is 15.8. The molecule has 0 unspecified atom stereocenters. The van der Waals surface area contributed by atoms with E-state index in [-0.39, 0.29) is 29.2 Å². The second-order valence-electron chi connectivity index (χ2n) is 8.28. The highest BCUT2D eigenvalue weighted by Crippen LogP contribution is 2.35. The number of nitrogens with two attached hydrogens (primary N) is 1. The second kappa shape index (κ2) is 8.99. The van der Waals surface area contributed by atoms with E-state index >= 15 is 0 Å². The number of pyridine rings is 1. The van der Waals surface area contributed by atoms with Gasteiger partial charge in [-0.3, -0.25) is 24.0 Å². The van der Waals surface area contributed by atoms with Crippen LogP contribution in [0.5, 0.6) is 0 Å². The maximum atomic E-state index is 13.4. The zero-order valence-corrected chi connectivity index (χ0v) is 18.4. The Balaban J connectivity index is 1.65. The van der Waals surface area contributed by atoms with Crippen LogP contribution in [0.1, 0.15) is 57.7 Å². The van der Waals surface area contributed by atoms with Crippen molar-refractivity contribution in [1.82, 2.24) is 15.2 Å². The van der Waals surface area contributed by atoms with Crippen LogP contribution in [0.4, 0.5) is 5.82 Å². The molecule has 3 heterocycles. The summed E-state index contributed by atoms with van der Waals surface area (Å²) in [5.41, 5.74) is 7.71. The van der Waals surface area contributed by atoms with Gasteiger partial charge in [0.15, 0.2) is 5.82 Å². The van der Waals surface area contributed by atoms with Crippen molar-refractivity contribution in [3.8, 4) is 0 Å². The zero-order chi connectivity index (χ0) is 23.7. The molecule has 4 rings (SSSR count). The number of hydroxylamine groups is 1. The summed E-state index contributed by atoms with van der Waals surface area (Å²) in [6.07, 6.45) is 2.93. The van der Waals surface area contributed by atoms with Crippen molar-refractivity contribution in [2.45, 2.75) is 32.4 Å². The standard InChI is InChI=1S/C23H25N5O5/c1-13-5-8-18(14-6-7-16-15(10-14)11-26-21(16)30)27(12-13)22(31)23(32)28(33-2)20-17(19(24)29)4-3-9-25-20/h3-4,6-7,9-10,13,18H,5,8,11-12H2,1-2H3,(H2,24,29)(H,26,30)/t13-,18+/m0/s1. The first-order valence-electron chi connectivity index (χ1n) is 10.7. The molecule has 1 aromatic carbocycles. The van der Waals surface area contributed by atoms with Gasteiger partial charge in [0, 0.05) is 24.8 Å². The minimum absolute atomic E-state index is 0.0418. The topological polar surface area (TPSA) is 135 Å². The molecule has 0 spiro atoms. The minimum atomic E-state index is -0.976. The SMILES string of the molecule is CON(C(=O)C(=O)N1C[C@@H](C)CC[C@@H]1c1ccc2c(c1)CNC2=O)c1ncccc1C(N)=O. The van der Waals surface area contributed by atoms with Crippen LogP contribution in [-0.4, -0.2) is 47.2 Å². The number of nitrogens with one attached hydrogen (secondary N) is 1. The van der Waals surface area contributed by atoms with E-state index in [1.807, 2.05) is 19.1 Å². The molecule has 172 valence electrons. The summed E-state index contributed by atoms with van der Waals surface area (Å²) in [5, 5.41) is 3.49. The maximum absolute atomic E-state index is 13.4. The zero-order valence-electron chi connectivity index (χ0n) is 18.4. The third-order valence-electron chi connectivity index (χ3n) is 6.07. The van der Waals surface area contributed by atoms with Crippen molar-refractivity contribution >= 4 is 29.4 Å². The molecule has 1 aromatic heterocycles. The predicted molar refractivity (Wildman–Crippen MR) is 118 cm³/mol. The molecule has 0 bridgehead atoms. The molecule has 10 heteroatoms. The monoisotopic (exact) mass is 451 g/mol. The lowest BCUT2D eigenvalue weighted by molar-refractivity contribution is -0.151. The number of primary amides is 1. The fourth-order valence-corrected chi connectivity index (χ4v) is 4.41. The molecule has 1 fully saturated rings. The summed E-state index contributed by atoms with van der Waals surface area (Å²) < 4.78 is 0. The van der Waals surface area contributed by atoms with E-state index in [9.17, 15) is 19.2 Å². The van der Waals surface area contributed by atoms with Gasteiger partial charge in [-0.1, -0.05) is 19.1 Å². The van der Waals surface area contributed by atoms with Crippen LogP contribution in [0.15, 0.2) is 36.5 Å². The van der Waals surface area contributed by atoms with Crippen molar-refractivity contribution in [3.63, 3.8) is 0 Å². The number of benzene rings is 1. The Bertz CT molecular complexity index is 1130. The van der Waals surface area contributed by atoms with Crippen LogP contribution in [0.2, 0.25) is 0 Å². The lowest BCUT2D eigenvalue weighted by atomic mass is 9.88. The molecular formula is C23H25N5O5. The van der Waals surface area contributed by atoms with E-state index in [0.29, 0.717) is 30.1 Å². The summed E-state index contributed by atoms with van der Waals surface area (Å²) in [4.78, 5) is 61.1. The molecule has 2 aliphatic heterocycles. The smallest absolute Gasteiger partial charge is 0.341 e. The highest BCUT2D eigenvalue weighted by atomic mass is 16.7. The van der Waals surface area contributed by atoms with Gasteiger partial charge in [0.25, 0.3) is 11.8 Å². The normalized spacial score (nSPS) is 19.6. The van der Waals surface area contributed by atoms with E-state index in [2.05, 4.69) is 10.3 Å². The molecule has 33 heavy (non-hydrogen) atoms. The number of hydrogen-bond acceptors (Lipinski definition) is 6. The number of amides is 4. The molecular weight excluding hydrogens is 426 g/mol. The van der Waals surface area contributed by atoms with Gasteiger partial charge < -0.3 is 16.0 Å². The Kier molecular flexibility index (Phi) is 6.10. The van der Waals surface area contributed by atoms with Crippen LogP contribution in [-0.2, 0) is 21.0 Å². The number of fused-ring (bicyclic) bond motifs is 1. The molecule has 0 aliphatic carbocycles. The Morgan fingerprint density at radius 3 is 2.76 bits per heavy atom. The number of aromatic nitrogens is 1. The van der Waals surface area contributed by atoms with Gasteiger partial charge in [-0.2, -0.15) is 5.06 Å². The van der Waals surface area contributed by atoms with Crippen molar-refractivity contribution in [2.24, 2.45) is 11.7 Å². The molecule has 4 amide bonds. The van der Waals surface area contributed by atoms with Gasteiger partial charge in [-0.25, -0.2) is 4.98 Å². The third-order valence-corrected chi connectivity index (χ3v) is 6.07. The maximum Gasteiger partial charge on any atom is 0.341 e. The molecule has 10 nitrogen and oxygen atoms in total. The fourth-order valence-electron chi connectivity index (χ4n) is 4.41. The van der Waals surface area contributed by atoms with Crippen molar-refractivity contribution < 1.29 is 24.0 Å². The number of carbonyl (C=O) groups excluding carboxylic acids is 4. The molecule has 1 saturated heterocycles. The Morgan fingerprint density at radius 2 is 2.03 bits per heavy atom. The number of likely N-dealkylation sites (tertiary alicyclic amines) is 1. The van der Waals surface area contributed by atoms with E-state index in [0.717, 1.165) is 17.5 Å². The van der Waals surface area contributed by atoms with Crippen molar-refractivity contribution in [2.75, 3.05) is 18.7 Å². The van der Waals surface area contributed by atoms with Crippen molar-refractivity contribution in [1.29, 1.82) is 0 Å². The van der Waals surface area contributed by atoms with E-state index in [4.69, 9.17) is 10.6 Å². The minimum Gasteiger partial charge on any atom is -0.365 e. The Morgan fingerprint density at radius 1 is 1.24 bits per heavy atom. The molecule has 2 aromatic rings. The van der Waals surface area contributed by atoms with Crippen LogP contribution in [0.25, 0.3) is 0 Å². The number of carbonyl (C=O) groups is 4. The van der Waals surface area contributed by atoms with Gasteiger partial charge in [0.1, 0.15) is 0 Å². The molecule has 2 atom stereocenters. The average Bonchev–Trinajstić information content (AvgIpc) is 3.19. The summed E-state index contributed by atoms with van der Waals surface area (Å²) >= 11 is 0. The van der Waals surface area contributed by atoms with E-state index in [1.165, 1.54) is 30.3 Å². The first-order valence-corrected chi connectivity index (χ1v) is 10.7. The number of anilines is 1. The predicted octanol–water partition coefficient (Wildman–Crippen LogP) is 1.32. The average molecular weight is 451 g/mol. The largest absolute Gasteiger partial charge is 0.365 e. The molecule has 0 radical (unpaired) electrons. The molecule has 0 saturated carbocycles. The summed E-state index contributed by atoms with van der Waals surface area (Å²) in [6.45, 7) is 2.83. The quantitative estimate of drug-likeness (QED) is 0.532. The number of piperidine rings is 1. The van der Waals surface area contributed by atoms with Crippen LogP contribution >= 0.6 is 0 Å². The number of nitrogens with zero attached hydrogens (tertiary/aromatic N) is 3. The molecule has 3 N–H and O–H groups in total. The Hall–Kier alpha value is -3.79. The lowest BCUT2D eigenvalue weighted by Gasteiger charge is -2.39. The number of hydrogen-bond donors (Lipinski definition) is 2. The highest BCUT2D eigenvalue weighted by molar-refractivity contribution is 6.40. The third kappa shape index (κ3) is 4.17. The lowest BCUT2D eigenvalue weighted by Crippen LogP contribution is -2.50. The van der Waals surface area contributed by atoms with Gasteiger partial charge in [0.2, 0.25) is 0 Å².